The normalized spacial score (nSPS) is 12.2. The standard InChI is InChI=1S/C21H14F4N8O/c1-12(19-28-11-29-33(19)18-7-2-13(9-26)10-27-18)30-20(34)16-8-17(21(23,24)25)32(31-16)15-5-3-14(22)4-6-15/h2-8,10-12H,1H3,(H,30,34)/t12-/m1/s1. The molecule has 9 nitrogen and oxygen atoms in total. The lowest BCUT2D eigenvalue weighted by atomic mass is 10.2. The third kappa shape index (κ3) is 4.46. The van der Waals surface area contributed by atoms with Gasteiger partial charge in [0.1, 0.15) is 23.9 Å². The molecular formula is C21H14F4N8O. The fourth-order valence-electron chi connectivity index (χ4n) is 3.11. The van der Waals surface area contributed by atoms with E-state index in [0.717, 1.165) is 24.3 Å². The second-order valence-electron chi connectivity index (χ2n) is 7.04. The topological polar surface area (TPSA) is 114 Å². The van der Waals surface area contributed by atoms with Gasteiger partial charge in [-0.25, -0.2) is 19.0 Å². The number of rotatable bonds is 5. The van der Waals surface area contributed by atoms with Crippen molar-refractivity contribution < 1.29 is 22.4 Å². The summed E-state index contributed by atoms with van der Waals surface area (Å²) in [5, 5.41) is 19.3. The first-order chi connectivity index (χ1) is 16.2. The Labute approximate surface area is 189 Å². The largest absolute Gasteiger partial charge is 0.433 e. The summed E-state index contributed by atoms with van der Waals surface area (Å²) in [4.78, 5) is 20.9. The monoisotopic (exact) mass is 470 g/mol. The predicted molar refractivity (Wildman–Crippen MR) is 108 cm³/mol. The predicted octanol–water partition coefficient (Wildman–Crippen LogP) is 3.37. The van der Waals surface area contributed by atoms with Gasteiger partial charge in [-0.3, -0.25) is 4.79 Å². The van der Waals surface area contributed by atoms with Gasteiger partial charge in [0.15, 0.2) is 17.3 Å². The number of pyridine rings is 1. The van der Waals surface area contributed by atoms with Crippen LogP contribution in [-0.2, 0) is 6.18 Å². The molecule has 0 bridgehead atoms. The zero-order valence-corrected chi connectivity index (χ0v) is 17.3. The number of alkyl halides is 3. The smallest absolute Gasteiger partial charge is 0.341 e. The minimum absolute atomic E-state index is 0.0625. The van der Waals surface area contributed by atoms with E-state index in [1.54, 1.807) is 6.92 Å². The van der Waals surface area contributed by atoms with E-state index in [1.807, 2.05) is 6.07 Å². The van der Waals surface area contributed by atoms with Crippen LogP contribution in [0.15, 0.2) is 55.0 Å². The maximum atomic E-state index is 13.6. The molecule has 1 aromatic carbocycles. The van der Waals surface area contributed by atoms with Gasteiger partial charge < -0.3 is 5.32 Å². The molecule has 172 valence electrons. The number of hydrogen-bond donors (Lipinski definition) is 1. The van der Waals surface area contributed by atoms with E-state index >= 15 is 0 Å². The Hall–Kier alpha value is -4.60. The number of carbonyl (C=O) groups excluding carboxylic acids is 1. The molecule has 0 aliphatic heterocycles. The van der Waals surface area contributed by atoms with Crippen molar-refractivity contribution in [2.24, 2.45) is 0 Å². The minimum Gasteiger partial charge on any atom is -0.341 e. The maximum Gasteiger partial charge on any atom is 0.433 e. The third-order valence-corrected chi connectivity index (χ3v) is 4.71. The second-order valence-corrected chi connectivity index (χ2v) is 7.04. The number of nitrogens with one attached hydrogen (secondary N) is 1. The quantitative estimate of drug-likeness (QED) is 0.448. The summed E-state index contributed by atoms with van der Waals surface area (Å²) >= 11 is 0. The summed E-state index contributed by atoms with van der Waals surface area (Å²) < 4.78 is 55.7. The Morgan fingerprint density at radius 2 is 1.85 bits per heavy atom. The van der Waals surface area contributed by atoms with E-state index in [1.165, 1.54) is 29.3 Å². The summed E-state index contributed by atoms with van der Waals surface area (Å²) in [6, 6.07) is 9.03. The Bertz CT molecular complexity index is 1370. The van der Waals surface area contributed by atoms with E-state index in [9.17, 15) is 22.4 Å². The van der Waals surface area contributed by atoms with Crippen molar-refractivity contribution in [2.75, 3.05) is 0 Å². The lowest BCUT2D eigenvalue weighted by molar-refractivity contribution is -0.142. The van der Waals surface area contributed by atoms with Crippen LogP contribution < -0.4 is 5.32 Å². The summed E-state index contributed by atoms with van der Waals surface area (Å²) in [5.74, 6) is -0.939. The highest BCUT2D eigenvalue weighted by Gasteiger charge is 2.37. The molecule has 1 amide bonds. The zero-order chi connectivity index (χ0) is 24.5. The highest BCUT2D eigenvalue weighted by Crippen LogP contribution is 2.31. The molecule has 0 saturated carbocycles. The first-order valence-corrected chi connectivity index (χ1v) is 9.68. The van der Waals surface area contributed by atoms with Gasteiger partial charge in [-0.1, -0.05) is 0 Å². The van der Waals surface area contributed by atoms with Crippen LogP contribution in [0.2, 0.25) is 0 Å². The third-order valence-electron chi connectivity index (χ3n) is 4.71. The number of nitriles is 1. The van der Waals surface area contributed by atoms with E-state index in [2.05, 4.69) is 25.5 Å². The van der Waals surface area contributed by atoms with Gasteiger partial charge >= 0.3 is 6.18 Å². The molecule has 0 aliphatic carbocycles. The highest BCUT2D eigenvalue weighted by atomic mass is 19.4. The van der Waals surface area contributed by atoms with Crippen molar-refractivity contribution in [1.29, 1.82) is 5.26 Å². The molecule has 0 spiro atoms. The number of carbonyl (C=O) groups is 1. The average molecular weight is 470 g/mol. The highest BCUT2D eigenvalue weighted by molar-refractivity contribution is 5.92. The van der Waals surface area contributed by atoms with Crippen LogP contribution >= 0.6 is 0 Å². The van der Waals surface area contributed by atoms with E-state index in [0.29, 0.717) is 22.1 Å². The molecule has 13 heteroatoms. The van der Waals surface area contributed by atoms with Crippen molar-refractivity contribution in [3.8, 4) is 17.6 Å². The Balaban J connectivity index is 1.61. The van der Waals surface area contributed by atoms with Crippen LogP contribution in [0.25, 0.3) is 11.5 Å². The molecule has 1 N–H and O–H groups in total. The summed E-state index contributed by atoms with van der Waals surface area (Å²) in [5.41, 5.74) is -1.41. The van der Waals surface area contributed by atoms with E-state index in [4.69, 9.17) is 5.26 Å². The fourth-order valence-corrected chi connectivity index (χ4v) is 3.11. The molecule has 4 aromatic rings. The number of hydrogen-bond acceptors (Lipinski definition) is 6. The average Bonchev–Trinajstić information content (AvgIpc) is 3.47. The molecule has 4 rings (SSSR count). The lowest BCUT2D eigenvalue weighted by Crippen LogP contribution is -2.29. The van der Waals surface area contributed by atoms with Crippen molar-refractivity contribution in [3.63, 3.8) is 0 Å². The molecule has 3 heterocycles. The van der Waals surface area contributed by atoms with Crippen LogP contribution in [0.5, 0.6) is 0 Å². The SMILES string of the molecule is C[C@@H](NC(=O)c1cc(C(F)(F)F)n(-c2ccc(F)cc2)n1)c1ncnn1-c1ccc(C#N)cn1. The van der Waals surface area contributed by atoms with Crippen LogP contribution in [-0.4, -0.2) is 35.4 Å². The zero-order valence-electron chi connectivity index (χ0n) is 17.3. The van der Waals surface area contributed by atoms with Crippen molar-refractivity contribution in [2.45, 2.75) is 19.1 Å². The number of halogens is 4. The molecule has 0 saturated heterocycles. The van der Waals surface area contributed by atoms with Crippen LogP contribution in [0.4, 0.5) is 17.6 Å². The molecule has 1 atom stereocenters. The van der Waals surface area contributed by atoms with Gasteiger partial charge in [-0.2, -0.15) is 33.3 Å². The Morgan fingerprint density at radius 1 is 1.12 bits per heavy atom. The van der Waals surface area contributed by atoms with E-state index < -0.39 is 35.3 Å². The van der Waals surface area contributed by atoms with Gasteiger partial charge in [-0.15, -0.1) is 0 Å². The molecule has 0 fully saturated rings. The maximum absolute atomic E-state index is 13.6. The van der Waals surface area contributed by atoms with Gasteiger partial charge in [0.2, 0.25) is 0 Å². The summed E-state index contributed by atoms with van der Waals surface area (Å²) in [6.07, 6.45) is -2.25. The van der Waals surface area contributed by atoms with Crippen molar-refractivity contribution in [3.05, 3.63) is 83.6 Å². The van der Waals surface area contributed by atoms with E-state index in [-0.39, 0.29) is 11.5 Å². The number of benzene rings is 1. The van der Waals surface area contributed by atoms with Gasteiger partial charge in [0.05, 0.1) is 17.3 Å². The first-order valence-electron chi connectivity index (χ1n) is 9.68. The van der Waals surface area contributed by atoms with Crippen molar-refractivity contribution >= 4 is 5.91 Å². The Kier molecular flexibility index (Phi) is 5.80. The molecule has 0 unspecified atom stereocenters. The first kappa shape index (κ1) is 22.6. The van der Waals surface area contributed by atoms with Crippen LogP contribution in [0.3, 0.4) is 0 Å². The molecule has 0 radical (unpaired) electrons. The molecule has 34 heavy (non-hydrogen) atoms. The van der Waals surface area contributed by atoms with Crippen LogP contribution in [0, 0.1) is 17.1 Å². The summed E-state index contributed by atoms with van der Waals surface area (Å²) in [6.45, 7) is 1.56. The van der Waals surface area contributed by atoms with Crippen molar-refractivity contribution in [1.82, 2.24) is 34.8 Å². The Morgan fingerprint density at radius 3 is 2.47 bits per heavy atom. The minimum atomic E-state index is -4.81. The number of aromatic nitrogens is 6. The number of nitrogens with zero attached hydrogens (tertiary/aromatic N) is 7. The van der Waals surface area contributed by atoms with Crippen LogP contribution in [0.1, 0.15) is 40.5 Å². The second kappa shape index (κ2) is 8.74. The fraction of sp³-hybridized carbons (Fsp3) is 0.143. The summed E-state index contributed by atoms with van der Waals surface area (Å²) in [7, 11) is 0. The molecular weight excluding hydrogens is 456 g/mol. The van der Waals surface area contributed by atoms with Gasteiger partial charge in [0, 0.05) is 12.3 Å². The molecule has 3 aromatic heterocycles. The molecule has 0 aliphatic rings. The lowest BCUT2D eigenvalue weighted by Gasteiger charge is -2.13. The van der Waals surface area contributed by atoms with Gasteiger partial charge in [0.25, 0.3) is 5.91 Å². The van der Waals surface area contributed by atoms with Gasteiger partial charge in [-0.05, 0) is 43.3 Å². The number of amides is 1.